The van der Waals surface area contributed by atoms with E-state index < -0.39 is 0 Å². The summed E-state index contributed by atoms with van der Waals surface area (Å²) in [6.07, 6.45) is 7.66. The summed E-state index contributed by atoms with van der Waals surface area (Å²) < 4.78 is 0. The van der Waals surface area contributed by atoms with Crippen LogP contribution in [0.15, 0.2) is 23.3 Å². The lowest BCUT2D eigenvalue weighted by atomic mass is 9.92. The molecule has 138 valence electrons. The number of piperidine rings is 1. The van der Waals surface area contributed by atoms with Gasteiger partial charge in [-0.3, -0.25) is 4.79 Å². The summed E-state index contributed by atoms with van der Waals surface area (Å²) in [5.41, 5.74) is 3.37. The van der Waals surface area contributed by atoms with Crippen LogP contribution < -0.4 is 15.8 Å². The maximum atomic E-state index is 12.2. The van der Waals surface area contributed by atoms with Gasteiger partial charge in [-0.1, -0.05) is 19.4 Å². The molecule has 0 aliphatic carbocycles. The van der Waals surface area contributed by atoms with Gasteiger partial charge in [0.05, 0.1) is 11.9 Å². The number of rotatable bonds is 4. The van der Waals surface area contributed by atoms with Gasteiger partial charge in [-0.25, -0.2) is 9.97 Å². The number of H-pyrrole nitrogens is 1. The molecule has 2 N–H and O–H groups in total. The van der Waals surface area contributed by atoms with Gasteiger partial charge in [-0.15, -0.1) is 0 Å². The standard InChI is InChI=1S/C20H27N5O/c1-2-4-16-19(22-13-23-20(16)26)25-11-8-14(9-12-25)17-7-6-15-5-3-10-21-18(15)24-17/h6-7,13-14H,2-5,8-12H2,1H3,(H,21,24)(H,22,23,26). The van der Waals surface area contributed by atoms with E-state index >= 15 is 0 Å². The number of aromatic nitrogens is 3. The van der Waals surface area contributed by atoms with Crippen LogP contribution in [0.5, 0.6) is 0 Å². The summed E-state index contributed by atoms with van der Waals surface area (Å²) in [7, 11) is 0. The quantitative estimate of drug-likeness (QED) is 0.884. The molecule has 0 radical (unpaired) electrons. The first-order valence-electron chi connectivity index (χ1n) is 9.81. The van der Waals surface area contributed by atoms with Crippen molar-refractivity contribution in [1.82, 2.24) is 15.0 Å². The smallest absolute Gasteiger partial charge is 0.256 e. The zero-order valence-corrected chi connectivity index (χ0v) is 15.4. The molecule has 2 aromatic rings. The topological polar surface area (TPSA) is 73.9 Å². The third-order valence-electron chi connectivity index (χ3n) is 5.55. The molecule has 2 aliphatic rings. The van der Waals surface area contributed by atoms with Gasteiger partial charge < -0.3 is 15.2 Å². The number of aryl methyl sites for hydroxylation is 1. The number of hydrogen-bond acceptors (Lipinski definition) is 5. The first kappa shape index (κ1) is 17.1. The average molecular weight is 353 g/mol. The Balaban J connectivity index is 1.48. The van der Waals surface area contributed by atoms with Crippen molar-refractivity contribution >= 4 is 11.6 Å². The normalized spacial score (nSPS) is 17.7. The Bertz CT molecular complexity index is 823. The third kappa shape index (κ3) is 3.32. The van der Waals surface area contributed by atoms with Gasteiger partial charge in [-0.2, -0.15) is 0 Å². The number of aromatic amines is 1. The highest BCUT2D eigenvalue weighted by Gasteiger charge is 2.25. The molecule has 2 aliphatic heterocycles. The lowest BCUT2D eigenvalue weighted by Crippen LogP contribution is -2.36. The molecule has 2 aromatic heterocycles. The highest BCUT2D eigenvalue weighted by atomic mass is 16.1. The minimum Gasteiger partial charge on any atom is -0.370 e. The minimum atomic E-state index is 0.00130. The van der Waals surface area contributed by atoms with Crippen LogP contribution in [0.2, 0.25) is 0 Å². The van der Waals surface area contributed by atoms with Crippen LogP contribution in [0.4, 0.5) is 11.6 Å². The fourth-order valence-corrected chi connectivity index (χ4v) is 4.12. The molecule has 4 rings (SSSR count). The molecule has 0 bridgehead atoms. The molecule has 0 spiro atoms. The van der Waals surface area contributed by atoms with Crippen molar-refractivity contribution in [1.29, 1.82) is 0 Å². The van der Waals surface area contributed by atoms with E-state index in [0.29, 0.717) is 5.92 Å². The molecule has 26 heavy (non-hydrogen) atoms. The van der Waals surface area contributed by atoms with Crippen molar-refractivity contribution in [2.24, 2.45) is 0 Å². The Morgan fingerprint density at radius 3 is 2.92 bits per heavy atom. The molecule has 0 aromatic carbocycles. The Morgan fingerprint density at radius 2 is 2.12 bits per heavy atom. The van der Waals surface area contributed by atoms with Gasteiger partial charge in [-0.05, 0) is 43.7 Å². The fourth-order valence-electron chi connectivity index (χ4n) is 4.12. The van der Waals surface area contributed by atoms with Gasteiger partial charge >= 0.3 is 0 Å². The molecule has 0 amide bonds. The molecule has 0 atom stereocenters. The second-order valence-electron chi connectivity index (χ2n) is 7.32. The number of nitrogens with one attached hydrogen (secondary N) is 2. The van der Waals surface area contributed by atoms with Crippen molar-refractivity contribution in [2.45, 2.75) is 51.4 Å². The molecule has 0 unspecified atom stereocenters. The number of anilines is 2. The Morgan fingerprint density at radius 1 is 1.27 bits per heavy atom. The lowest BCUT2D eigenvalue weighted by Gasteiger charge is -2.33. The van der Waals surface area contributed by atoms with E-state index in [0.717, 1.165) is 68.9 Å². The largest absolute Gasteiger partial charge is 0.370 e. The summed E-state index contributed by atoms with van der Waals surface area (Å²) in [6, 6.07) is 4.45. The van der Waals surface area contributed by atoms with Gasteiger partial charge in [0.2, 0.25) is 0 Å². The van der Waals surface area contributed by atoms with Gasteiger partial charge in [0.1, 0.15) is 11.6 Å². The lowest BCUT2D eigenvalue weighted by molar-refractivity contribution is 0.492. The zero-order chi connectivity index (χ0) is 17.9. The van der Waals surface area contributed by atoms with Crippen LogP contribution in [-0.2, 0) is 12.8 Å². The summed E-state index contributed by atoms with van der Waals surface area (Å²) in [5.74, 6) is 2.43. The molecule has 1 fully saturated rings. The zero-order valence-electron chi connectivity index (χ0n) is 15.4. The predicted octanol–water partition coefficient (Wildman–Crippen LogP) is 2.86. The Hall–Kier alpha value is -2.37. The van der Waals surface area contributed by atoms with E-state index in [2.05, 4.69) is 39.2 Å². The second-order valence-corrected chi connectivity index (χ2v) is 7.32. The van der Waals surface area contributed by atoms with E-state index in [9.17, 15) is 4.79 Å². The first-order chi connectivity index (χ1) is 12.8. The highest BCUT2D eigenvalue weighted by Crippen LogP contribution is 2.31. The van der Waals surface area contributed by atoms with Crippen molar-refractivity contribution in [3.63, 3.8) is 0 Å². The molecule has 4 heterocycles. The Kier molecular flexibility index (Phi) is 4.91. The van der Waals surface area contributed by atoms with Gasteiger partial charge in [0.25, 0.3) is 5.56 Å². The highest BCUT2D eigenvalue weighted by molar-refractivity contribution is 5.48. The van der Waals surface area contributed by atoms with E-state index in [-0.39, 0.29) is 5.56 Å². The number of nitrogens with zero attached hydrogens (tertiary/aromatic N) is 3. The summed E-state index contributed by atoms with van der Waals surface area (Å²) in [4.78, 5) is 26.5. The van der Waals surface area contributed by atoms with Crippen molar-refractivity contribution < 1.29 is 0 Å². The fraction of sp³-hybridized carbons (Fsp3) is 0.550. The van der Waals surface area contributed by atoms with E-state index in [4.69, 9.17) is 4.98 Å². The van der Waals surface area contributed by atoms with Gasteiger partial charge in [0, 0.05) is 31.2 Å². The summed E-state index contributed by atoms with van der Waals surface area (Å²) >= 11 is 0. The predicted molar refractivity (Wildman–Crippen MR) is 104 cm³/mol. The molecular formula is C20H27N5O. The summed E-state index contributed by atoms with van der Waals surface area (Å²) in [5, 5.41) is 3.43. The van der Waals surface area contributed by atoms with Crippen LogP contribution in [-0.4, -0.2) is 34.6 Å². The SMILES string of the molecule is CCCc1c(N2CCC(c3ccc4c(n3)NCCC4)CC2)nc[nH]c1=O. The van der Waals surface area contributed by atoms with Gasteiger partial charge in [0.15, 0.2) is 0 Å². The third-order valence-corrected chi connectivity index (χ3v) is 5.55. The van der Waals surface area contributed by atoms with Crippen molar-refractivity contribution in [3.8, 4) is 0 Å². The second kappa shape index (κ2) is 7.48. The number of hydrogen-bond donors (Lipinski definition) is 2. The van der Waals surface area contributed by atoms with Crippen molar-refractivity contribution in [2.75, 3.05) is 29.9 Å². The van der Waals surface area contributed by atoms with Crippen LogP contribution in [0.1, 0.15) is 55.3 Å². The van der Waals surface area contributed by atoms with E-state index in [1.165, 1.54) is 24.0 Å². The maximum absolute atomic E-state index is 12.2. The number of pyridine rings is 1. The average Bonchev–Trinajstić information content (AvgIpc) is 2.69. The molecule has 1 saturated heterocycles. The van der Waals surface area contributed by atoms with E-state index in [1.807, 2.05) is 0 Å². The monoisotopic (exact) mass is 353 g/mol. The van der Waals surface area contributed by atoms with Crippen LogP contribution >= 0.6 is 0 Å². The maximum Gasteiger partial charge on any atom is 0.256 e. The van der Waals surface area contributed by atoms with Crippen molar-refractivity contribution in [3.05, 3.63) is 45.6 Å². The molecule has 6 nitrogen and oxygen atoms in total. The number of fused-ring (bicyclic) bond motifs is 1. The van der Waals surface area contributed by atoms with Crippen LogP contribution in [0.25, 0.3) is 0 Å². The first-order valence-corrected chi connectivity index (χ1v) is 9.81. The summed E-state index contributed by atoms with van der Waals surface area (Å²) in [6.45, 7) is 4.96. The molecular weight excluding hydrogens is 326 g/mol. The van der Waals surface area contributed by atoms with Crippen LogP contribution in [0, 0.1) is 0 Å². The van der Waals surface area contributed by atoms with Crippen LogP contribution in [0.3, 0.4) is 0 Å². The minimum absolute atomic E-state index is 0.00130. The van der Waals surface area contributed by atoms with E-state index in [1.54, 1.807) is 0 Å². The molecule has 0 saturated carbocycles. The molecule has 6 heteroatoms. The Labute approximate surface area is 154 Å².